The van der Waals surface area contributed by atoms with Crippen LogP contribution in [-0.4, -0.2) is 38.4 Å². The lowest BCUT2D eigenvalue weighted by molar-refractivity contribution is -0.383. The van der Waals surface area contributed by atoms with Crippen molar-refractivity contribution in [2.45, 2.75) is 11.3 Å². The van der Waals surface area contributed by atoms with Crippen molar-refractivity contribution in [2.24, 2.45) is 0 Å². The first-order valence-electron chi connectivity index (χ1n) is 8.13. The van der Waals surface area contributed by atoms with Gasteiger partial charge in [0.15, 0.2) is 6.61 Å². The van der Waals surface area contributed by atoms with Gasteiger partial charge in [0.05, 0.1) is 16.2 Å². The van der Waals surface area contributed by atoms with Crippen LogP contribution in [0.2, 0.25) is 5.02 Å². The van der Waals surface area contributed by atoms with E-state index in [4.69, 9.17) is 16.3 Å². The van der Waals surface area contributed by atoms with Gasteiger partial charge in [-0.2, -0.15) is 0 Å². The smallest absolute Gasteiger partial charge is 0.307 e. The van der Waals surface area contributed by atoms with E-state index in [-0.39, 0.29) is 34.3 Å². The van der Waals surface area contributed by atoms with Crippen LogP contribution >= 0.6 is 11.6 Å². The van der Waals surface area contributed by atoms with Crippen molar-refractivity contribution < 1.29 is 27.7 Å². The van der Waals surface area contributed by atoms with E-state index >= 15 is 0 Å². The second-order valence-corrected chi connectivity index (χ2v) is 7.79. The van der Waals surface area contributed by atoms with E-state index < -0.39 is 33.4 Å². The molecule has 0 saturated carbocycles. The maximum absolute atomic E-state index is 12.1. The highest BCUT2D eigenvalue weighted by atomic mass is 35.5. The lowest BCUT2D eigenvalue weighted by Crippen LogP contribution is -2.28. The quantitative estimate of drug-likeness (QED) is 0.344. The number of para-hydroxylation sites is 2. The zero-order chi connectivity index (χ0) is 21.4. The summed E-state index contributed by atoms with van der Waals surface area (Å²) in [6.07, 6.45) is -0.321. The van der Waals surface area contributed by atoms with E-state index in [0.29, 0.717) is 0 Å². The zero-order valence-corrected chi connectivity index (χ0v) is 16.4. The number of halogens is 1. The largest absolute Gasteiger partial charge is 0.456 e. The average Bonchev–Trinajstić information content (AvgIpc) is 2.66. The Morgan fingerprint density at radius 3 is 2.55 bits per heavy atom. The van der Waals surface area contributed by atoms with Crippen LogP contribution in [-0.2, 0) is 24.3 Å². The summed E-state index contributed by atoms with van der Waals surface area (Å²) in [7, 11) is -3.85. The van der Waals surface area contributed by atoms with Crippen molar-refractivity contribution in [2.75, 3.05) is 18.5 Å². The minimum absolute atomic E-state index is 0.0344. The third kappa shape index (κ3) is 6.82. The number of nitro benzene ring substituents is 1. The molecule has 0 aliphatic carbocycles. The molecular formula is C17H16ClN3O7S. The molecule has 154 valence electrons. The molecule has 2 aromatic rings. The van der Waals surface area contributed by atoms with E-state index in [1.807, 2.05) is 0 Å². The van der Waals surface area contributed by atoms with Gasteiger partial charge < -0.3 is 10.1 Å². The van der Waals surface area contributed by atoms with Crippen LogP contribution in [0.5, 0.6) is 0 Å². The number of nitrogens with one attached hydrogen (secondary N) is 2. The Labute approximate surface area is 171 Å². The van der Waals surface area contributed by atoms with Gasteiger partial charge in [-0.05, 0) is 24.3 Å². The van der Waals surface area contributed by atoms with Crippen LogP contribution in [0.15, 0.2) is 53.4 Å². The molecule has 0 aromatic heterocycles. The molecule has 0 heterocycles. The van der Waals surface area contributed by atoms with E-state index in [1.165, 1.54) is 48.5 Å². The number of benzene rings is 2. The molecule has 2 rings (SSSR count). The minimum Gasteiger partial charge on any atom is -0.456 e. The summed E-state index contributed by atoms with van der Waals surface area (Å²) < 4.78 is 31.1. The van der Waals surface area contributed by atoms with Crippen molar-refractivity contribution >= 4 is 44.9 Å². The van der Waals surface area contributed by atoms with Gasteiger partial charge in [-0.15, -0.1) is 0 Å². The number of sulfonamides is 1. The number of carbonyl (C=O) groups is 2. The number of esters is 1. The Bertz CT molecular complexity index is 1030. The highest BCUT2D eigenvalue weighted by Crippen LogP contribution is 2.22. The molecule has 2 aromatic carbocycles. The van der Waals surface area contributed by atoms with Gasteiger partial charge in [-0.25, -0.2) is 13.1 Å². The number of anilines is 1. The highest BCUT2D eigenvalue weighted by molar-refractivity contribution is 7.89. The Morgan fingerprint density at radius 1 is 1.14 bits per heavy atom. The normalized spacial score (nSPS) is 10.9. The number of nitrogens with zero attached hydrogens (tertiary/aromatic N) is 1. The van der Waals surface area contributed by atoms with Crippen LogP contribution in [0.4, 0.5) is 11.4 Å². The van der Waals surface area contributed by atoms with Crippen LogP contribution in [0.1, 0.15) is 6.42 Å². The fourth-order valence-corrected chi connectivity index (χ4v) is 3.48. The molecule has 29 heavy (non-hydrogen) atoms. The van der Waals surface area contributed by atoms with Crippen molar-refractivity contribution in [3.63, 3.8) is 0 Å². The fraction of sp³-hybridized carbons (Fsp3) is 0.176. The predicted molar refractivity (Wildman–Crippen MR) is 104 cm³/mol. The van der Waals surface area contributed by atoms with Gasteiger partial charge in [0, 0.05) is 17.6 Å². The van der Waals surface area contributed by atoms with Gasteiger partial charge in [-0.3, -0.25) is 19.7 Å². The number of ether oxygens (including phenoxy) is 1. The van der Waals surface area contributed by atoms with Gasteiger partial charge in [-0.1, -0.05) is 29.8 Å². The maximum atomic E-state index is 12.1. The minimum atomic E-state index is -3.85. The molecule has 0 radical (unpaired) electrons. The second-order valence-electron chi connectivity index (χ2n) is 5.59. The number of hydrogen-bond acceptors (Lipinski definition) is 7. The summed E-state index contributed by atoms with van der Waals surface area (Å²) in [4.78, 5) is 33.7. The summed E-state index contributed by atoms with van der Waals surface area (Å²) in [6, 6.07) is 11.1. The second kappa shape index (κ2) is 9.96. The standard InChI is InChI=1S/C17H16ClN3O7S/c18-12-4-3-5-13(10-12)29(26,27)19-9-8-17(23)28-11-16(22)20-14-6-1-2-7-15(14)21(24)25/h1-7,10,19H,8-9,11H2,(H,20,22). The van der Waals surface area contributed by atoms with Crippen LogP contribution in [0.25, 0.3) is 0 Å². The van der Waals surface area contributed by atoms with Gasteiger partial charge in [0.1, 0.15) is 5.69 Å². The first-order chi connectivity index (χ1) is 13.7. The van der Waals surface area contributed by atoms with Crippen molar-refractivity contribution in [1.29, 1.82) is 0 Å². The highest BCUT2D eigenvalue weighted by Gasteiger charge is 2.17. The molecule has 12 heteroatoms. The number of hydrogen-bond donors (Lipinski definition) is 2. The number of carbonyl (C=O) groups excluding carboxylic acids is 2. The fourth-order valence-electron chi connectivity index (χ4n) is 2.15. The number of nitro groups is 1. The molecule has 0 fully saturated rings. The maximum Gasteiger partial charge on any atom is 0.307 e. The van der Waals surface area contributed by atoms with Crippen LogP contribution < -0.4 is 10.0 Å². The van der Waals surface area contributed by atoms with Gasteiger partial charge in [0.2, 0.25) is 10.0 Å². The topological polar surface area (TPSA) is 145 Å². The molecule has 0 spiro atoms. The van der Waals surface area contributed by atoms with E-state index in [1.54, 1.807) is 0 Å². The summed E-state index contributed by atoms with van der Waals surface area (Å²) in [5, 5.41) is 13.4. The van der Waals surface area contributed by atoms with Gasteiger partial charge >= 0.3 is 5.97 Å². The molecule has 0 unspecified atom stereocenters. The van der Waals surface area contributed by atoms with Crippen molar-refractivity contribution in [1.82, 2.24) is 4.72 Å². The monoisotopic (exact) mass is 441 g/mol. The first kappa shape index (κ1) is 22.3. The molecule has 2 N–H and O–H groups in total. The Balaban J connectivity index is 1.79. The molecule has 0 atom stereocenters. The lowest BCUT2D eigenvalue weighted by Gasteiger charge is -2.08. The zero-order valence-electron chi connectivity index (χ0n) is 14.8. The summed E-state index contributed by atoms with van der Waals surface area (Å²) in [5.74, 6) is -1.59. The number of amides is 1. The average molecular weight is 442 g/mol. The van der Waals surface area contributed by atoms with E-state index in [9.17, 15) is 28.1 Å². The SMILES string of the molecule is O=C(COC(=O)CCNS(=O)(=O)c1cccc(Cl)c1)Nc1ccccc1[N+](=O)[O-]. The predicted octanol–water partition coefficient (Wildman–Crippen LogP) is 2.10. The van der Waals surface area contributed by atoms with Gasteiger partial charge in [0.25, 0.3) is 11.6 Å². The molecule has 1 amide bonds. The lowest BCUT2D eigenvalue weighted by atomic mass is 10.2. The molecular weight excluding hydrogens is 426 g/mol. The third-order valence-corrected chi connectivity index (χ3v) is 5.16. The number of rotatable bonds is 9. The molecule has 0 aliphatic rings. The van der Waals surface area contributed by atoms with E-state index in [0.717, 1.165) is 0 Å². The summed E-state index contributed by atoms with van der Waals surface area (Å²) in [6.45, 7) is -0.925. The summed E-state index contributed by atoms with van der Waals surface area (Å²) >= 11 is 5.75. The summed E-state index contributed by atoms with van der Waals surface area (Å²) in [5.41, 5.74) is -0.338. The van der Waals surface area contributed by atoms with Crippen molar-refractivity contribution in [3.8, 4) is 0 Å². The van der Waals surface area contributed by atoms with Crippen LogP contribution in [0, 0.1) is 10.1 Å². The Kier molecular flexibility index (Phi) is 7.65. The Morgan fingerprint density at radius 2 is 1.86 bits per heavy atom. The first-order valence-corrected chi connectivity index (χ1v) is 9.99. The molecule has 0 saturated heterocycles. The molecule has 10 nitrogen and oxygen atoms in total. The van der Waals surface area contributed by atoms with Crippen LogP contribution in [0.3, 0.4) is 0 Å². The van der Waals surface area contributed by atoms with E-state index in [2.05, 4.69) is 10.0 Å². The van der Waals surface area contributed by atoms with Crippen molar-refractivity contribution in [3.05, 3.63) is 63.7 Å². The molecule has 0 aliphatic heterocycles. The third-order valence-electron chi connectivity index (χ3n) is 3.47. The Hall–Kier alpha value is -3.02. The molecule has 0 bridgehead atoms.